The molecule has 0 spiro atoms. The van der Waals surface area contributed by atoms with E-state index in [2.05, 4.69) is 0 Å². The minimum Gasteiger partial charge on any atom is -0.497 e. The average molecular weight is 156 g/mol. The second-order valence-corrected chi connectivity index (χ2v) is 2.44. The fourth-order valence-corrected chi connectivity index (χ4v) is 1.01. The van der Waals surface area contributed by atoms with Crippen molar-refractivity contribution in [2.75, 3.05) is 13.7 Å². The lowest BCUT2D eigenvalue weighted by Crippen LogP contribution is -2.16. The minimum atomic E-state index is -0.543. The number of allylic oxidation sites excluding steroid dienone is 1. The molecule has 3 heteroatoms. The molecule has 0 fully saturated rings. The molecule has 1 aliphatic carbocycles. The predicted molar refractivity (Wildman–Crippen MR) is 40.9 cm³/mol. The summed E-state index contributed by atoms with van der Waals surface area (Å²) in [5.74, 6) is 0.708. The fraction of sp³-hybridized carbons (Fsp3) is 0.500. The normalized spacial score (nSPS) is 24.1. The van der Waals surface area contributed by atoms with E-state index in [4.69, 9.17) is 9.84 Å². The van der Waals surface area contributed by atoms with Gasteiger partial charge in [0, 0.05) is 0 Å². The standard InChI is InChI=1S/C8H12O3/c1-11-7-2-3-8(10)6(4-7)5-9/h2,4,8-10H,3,5H2,1H3. The van der Waals surface area contributed by atoms with Gasteiger partial charge in [0.1, 0.15) is 5.76 Å². The second-order valence-electron chi connectivity index (χ2n) is 2.44. The molecular formula is C8H12O3. The Morgan fingerprint density at radius 2 is 2.45 bits per heavy atom. The molecule has 0 heterocycles. The van der Waals surface area contributed by atoms with Gasteiger partial charge in [0.2, 0.25) is 0 Å². The Kier molecular flexibility index (Phi) is 2.68. The van der Waals surface area contributed by atoms with Gasteiger partial charge < -0.3 is 14.9 Å². The van der Waals surface area contributed by atoms with Crippen LogP contribution in [0.2, 0.25) is 0 Å². The number of hydrogen-bond donors (Lipinski definition) is 2. The van der Waals surface area contributed by atoms with Gasteiger partial charge in [-0.1, -0.05) is 0 Å². The molecule has 0 bridgehead atoms. The number of hydrogen-bond acceptors (Lipinski definition) is 3. The monoisotopic (exact) mass is 156 g/mol. The van der Waals surface area contributed by atoms with Crippen molar-refractivity contribution >= 4 is 0 Å². The molecule has 62 valence electrons. The Morgan fingerprint density at radius 1 is 1.73 bits per heavy atom. The van der Waals surface area contributed by atoms with Crippen molar-refractivity contribution in [3.05, 3.63) is 23.5 Å². The predicted octanol–water partition coefficient (Wildman–Crippen LogP) is 0.200. The number of aliphatic hydroxyl groups excluding tert-OH is 2. The fourth-order valence-electron chi connectivity index (χ4n) is 1.01. The Bertz CT molecular complexity index is 194. The van der Waals surface area contributed by atoms with Crippen LogP contribution in [0.15, 0.2) is 23.5 Å². The Morgan fingerprint density at radius 3 is 3.00 bits per heavy atom. The first kappa shape index (κ1) is 8.30. The summed E-state index contributed by atoms with van der Waals surface area (Å²) in [6.07, 6.45) is 3.44. The Labute approximate surface area is 65.6 Å². The maximum Gasteiger partial charge on any atom is 0.115 e. The molecule has 1 unspecified atom stereocenters. The highest BCUT2D eigenvalue weighted by Crippen LogP contribution is 2.17. The summed E-state index contributed by atoms with van der Waals surface area (Å²) in [4.78, 5) is 0. The molecular weight excluding hydrogens is 144 g/mol. The van der Waals surface area contributed by atoms with Gasteiger partial charge in [-0.15, -0.1) is 0 Å². The molecule has 0 aromatic rings. The summed E-state index contributed by atoms with van der Waals surface area (Å²) < 4.78 is 4.93. The smallest absolute Gasteiger partial charge is 0.115 e. The summed E-state index contributed by atoms with van der Waals surface area (Å²) in [6, 6.07) is 0. The van der Waals surface area contributed by atoms with E-state index < -0.39 is 6.10 Å². The number of rotatable bonds is 2. The first-order valence-electron chi connectivity index (χ1n) is 3.51. The first-order chi connectivity index (χ1) is 5.27. The van der Waals surface area contributed by atoms with Crippen LogP contribution in [-0.4, -0.2) is 30.0 Å². The van der Waals surface area contributed by atoms with Gasteiger partial charge in [0.25, 0.3) is 0 Å². The maximum absolute atomic E-state index is 9.25. The summed E-state index contributed by atoms with van der Waals surface area (Å²) in [5.41, 5.74) is 0.615. The van der Waals surface area contributed by atoms with Crippen molar-refractivity contribution in [2.45, 2.75) is 12.5 Å². The van der Waals surface area contributed by atoms with Crippen LogP contribution in [0.5, 0.6) is 0 Å². The van der Waals surface area contributed by atoms with E-state index in [9.17, 15) is 5.11 Å². The molecule has 0 aromatic carbocycles. The van der Waals surface area contributed by atoms with E-state index in [1.54, 1.807) is 19.3 Å². The summed E-state index contributed by atoms with van der Waals surface area (Å²) in [5, 5.41) is 18.0. The third kappa shape index (κ3) is 1.82. The molecule has 11 heavy (non-hydrogen) atoms. The summed E-state index contributed by atoms with van der Waals surface area (Å²) in [6.45, 7) is -0.109. The van der Waals surface area contributed by atoms with Crippen molar-refractivity contribution in [2.24, 2.45) is 0 Å². The molecule has 0 radical (unpaired) electrons. The number of methoxy groups -OCH3 is 1. The van der Waals surface area contributed by atoms with E-state index in [0.29, 0.717) is 17.8 Å². The van der Waals surface area contributed by atoms with Crippen LogP contribution in [0.1, 0.15) is 6.42 Å². The van der Waals surface area contributed by atoms with Crippen LogP contribution >= 0.6 is 0 Å². The van der Waals surface area contributed by atoms with Crippen LogP contribution in [0.25, 0.3) is 0 Å². The van der Waals surface area contributed by atoms with Crippen molar-refractivity contribution in [1.29, 1.82) is 0 Å². The average Bonchev–Trinajstić information content (AvgIpc) is 2.05. The summed E-state index contributed by atoms with van der Waals surface area (Å²) in [7, 11) is 1.56. The lowest BCUT2D eigenvalue weighted by molar-refractivity contribution is 0.182. The summed E-state index contributed by atoms with van der Waals surface area (Å²) >= 11 is 0. The lowest BCUT2D eigenvalue weighted by atomic mass is 10.0. The van der Waals surface area contributed by atoms with Crippen LogP contribution < -0.4 is 0 Å². The molecule has 0 saturated heterocycles. The maximum atomic E-state index is 9.25. The van der Waals surface area contributed by atoms with Crippen molar-refractivity contribution < 1.29 is 14.9 Å². The minimum absolute atomic E-state index is 0.109. The number of ether oxygens (including phenoxy) is 1. The van der Waals surface area contributed by atoms with E-state index in [1.165, 1.54) is 0 Å². The second kappa shape index (κ2) is 3.55. The van der Waals surface area contributed by atoms with Gasteiger partial charge in [-0.25, -0.2) is 0 Å². The quantitative estimate of drug-likeness (QED) is 0.600. The van der Waals surface area contributed by atoms with Crippen LogP contribution in [0, 0.1) is 0 Å². The molecule has 2 N–H and O–H groups in total. The van der Waals surface area contributed by atoms with Gasteiger partial charge in [0.15, 0.2) is 0 Å². The van der Waals surface area contributed by atoms with Gasteiger partial charge in [-0.3, -0.25) is 0 Å². The zero-order chi connectivity index (χ0) is 8.27. The number of aliphatic hydroxyl groups is 2. The highest BCUT2D eigenvalue weighted by molar-refractivity contribution is 5.26. The van der Waals surface area contributed by atoms with Gasteiger partial charge in [-0.05, 0) is 24.1 Å². The third-order valence-electron chi connectivity index (χ3n) is 1.72. The van der Waals surface area contributed by atoms with Crippen molar-refractivity contribution in [1.82, 2.24) is 0 Å². The van der Waals surface area contributed by atoms with Crippen molar-refractivity contribution in [3.63, 3.8) is 0 Å². The molecule has 0 aliphatic heterocycles. The third-order valence-corrected chi connectivity index (χ3v) is 1.72. The molecule has 0 amide bonds. The largest absolute Gasteiger partial charge is 0.497 e. The first-order valence-corrected chi connectivity index (χ1v) is 3.51. The van der Waals surface area contributed by atoms with Crippen LogP contribution in [-0.2, 0) is 4.74 Å². The van der Waals surface area contributed by atoms with Gasteiger partial charge >= 0.3 is 0 Å². The molecule has 3 nitrogen and oxygen atoms in total. The molecule has 1 atom stereocenters. The SMILES string of the molecule is COC1=CCC(O)C(CO)=C1. The van der Waals surface area contributed by atoms with Crippen molar-refractivity contribution in [3.8, 4) is 0 Å². The topological polar surface area (TPSA) is 49.7 Å². The molecule has 0 aromatic heterocycles. The van der Waals surface area contributed by atoms with Gasteiger partial charge in [0.05, 0.1) is 19.8 Å². The lowest BCUT2D eigenvalue weighted by Gasteiger charge is -2.16. The Balaban J connectivity index is 2.71. The zero-order valence-electron chi connectivity index (χ0n) is 6.45. The Hall–Kier alpha value is -0.800. The van der Waals surface area contributed by atoms with E-state index in [1.807, 2.05) is 0 Å². The highest BCUT2D eigenvalue weighted by Gasteiger charge is 2.13. The zero-order valence-corrected chi connectivity index (χ0v) is 6.45. The van der Waals surface area contributed by atoms with Crippen LogP contribution in [0.3, 0.4) is 0 Å². The van der Waals surface area contributed by atoms with E-state index >= 15 is 0 Å². The molecule has 1 aliphatic rings. The van der Waals surface area contributed by atoms with E-state index in [0.717, 1.165) is 0 Å². The highest BCUT2D eigenvalue weighted by atomic mass is 16.5. The molecule has 0 saturated carbocycles. The van der Waals surface area contributed by atoms with Gasteiger partial charge in [-0.2, -0.15) is 0 Å². The molecule has 1 rings (SSSR count). The van der Waals surface area contributed by atoms with Crippen LogP contribution in [0.4, 0.5) is 0 Å². The van der Waals surface area contributed by atoms with E-state index in [-0.39, 0.29) is 6.61 Å².